The molecule has 0 fully saturated rings. The SMILES string of the molecule is CC(C)(C)c1ccc(OCC(=O)Nc2cccc(Br)c2)c(C(C)(C)C)c1. The van der Waals surface area contributed by atoms with Crippen LogP contribution in [0.1, 0.15) is 52.7 Å². The third kappa shape index (κ3) is 5.60. The molecular weight excluding hydrogens is 390 g/mol. The van der Waals surface area contributed by atoms with Crippen molar-refractivity contribution in [2.24, 2.45) is 0 Å². The molecule has 3 nitrogen and oxygen atoms in total. The van der Waals surface area contributed by atoms with Crippen LogP contribution < -0.4 is 10.1 Å². The smallest absolute Gasteiger partial charge is 0.262 e. The average Bonchev–Trinajstić information content (AvgIpc) is 2.51. The second-order valence-corrected chi connectivity index (χ2v) is 9.47. The Balaban J connectivity index is 2.14. The molecule has 0 saturated heterocycles. The Labute approximate surface area is 165 Å². The molecule has 0 heterocycles. The third-order valence-electron chi connectivity index (χ3n) is 4.12. The lowest BCUT2D eigenvalue weighted by Crippen LogP contribution is -2.22. The fraction of sp³-hybridized carbons (Fsp3) is 0.409. The molecule has 2 rings (SSSR count). The quantitative estimate of drug-likeness (QED) is 0.655. The summed E-state index contributed by atoms with van der Waals surface area (Å²) in [5.41, 5.74) is 3.11. The van der Waals surface area contributed by atoms with Crippen LogP contribution in [0.15, 0.2) is 46.9 Å². The Kier molecular flexibility index (Phi) is 6.17. The first-order valence-electron chi connectivity index (χ1n) is 8.80. The summed E-state index contributed by atoms with van der Waals surface area (Å²) in [6, 6.07) is 13.8. The van der Waals surface area contributed by atoms with E-state index < -0.39 is 0 Å². The molecule has 26 heavy (non-hydrogen) atoms. The van der Waals surface area contributed by atoms with Crippen molar-refractivity contribution in [1.82, 2.24) is 0 Å². The maximum atomic E-state index is 12.2. The fourth-order valence-corrected chi connectivity index (χ4v) is 3.01. The first-order chi connectivity index (χ1) is 12.0. The van der Waals surface area contributed by atoms with E-state index in [1.54, 1.807) is 0 Å². The van der Waals surface area contributed by atoms with Crippen LogP contribution in [0.2, 0.25) is 0 Å². The van der Waals surface area contributed by atoms with Gasteiger partial charge in [-0.1, -0.05) is 75.7 Å². The highest BCUT2D eigenvalue weighted by atomic mass is 79.9. The van der Waals surface area contributed by atoms with Gasteiger partial charge in [-0.25, -0.2) is 0 Å². The predicted octanol–water partition coefficient (Wildman–Crippen LogP) is 6.06. The van der Waals surface area contributed by atoms with E-state index >= 15 is 0 Å². The number of hydrogen-bond acceptors (Lipinski definition) is 2. The molecule has 0 aromatic heterocycles. The Morgan fingerprint density at radius 3 is 2.27 bits per heavy atom. The predicted molar refractivity (Wildman–Crippen MR) is 112 cm³/mol. The molecule has 0 aliphatic heterocycles. The zero-order valence-electron chi connectivity index (χ0n) is 16.4. The number of hydrogen-bond donors (Lipinski definition) is 1. The molecule has 0 bridgehead atoms. The van der Waals surface area contributed by atoms with Gasteiger partial charge in [-0.15, -0.1) is 0 Å². The number of halogens is 1. The van der Waals surface area contributed by atoms with E-state index in [1.165, 1.54) is 5.56 Å². The van der Waals surface area contributed by atoms with Gasteiger partial charge in [0.05, 0.1) is 0 Å². The van der Waals surface area contributed by atoms with Gasteiger partial charge in [-0.2, -0.15) is 0 Å². The topological polar surface area (TPSA) is 38.3 Å². The van der Waals surface area contributed by atoms with Crippen LogP contribution in [0.25, 0.3) is 0 Å². The molecular formula is C22H28BrNO2. The standard InChI is InChI=1S/C22H28BrNO2/c1-21(2,3)15-10-11-19(18(12-15)22(4,5)6)26-14-20(25)24-17-9-7-8-16(23)13-17/h7-13H,14H2,1-6H3,(H,24,25). The number of carbonyl (C=O) groups excluding carboxylic acids is 1. The summed E-state index contributed by atoms with van der Waals surface area (Å²) >= 11 is 3.40. The van der Waals surface area contributed by atoms with E-state index in [4.69, 9.17) is 4.74 Å². The molecule has 4 heteroatoms. The van der Waals surface area contributed by atoms with Gasteiger partial charge in [0.1, 0.15) is 5.75 Å². The first kappa shape index (κ1) is 20.5. The maximum Gasteiger partial charge on any atom is 0.262 e. The van der Waals surface area contributed by atoms with Gasteiger partial charge in [0.25, 0.3) is 5.91 Å². The minimum Gasteiger partial charge on any atom is -0.483 e. The summed E-state index contributed by atoms with van der Waals surface area (Å²) in [6.07, 6.45) is 0. The van der Waals surface area contributed by atoms with Gasteiger partial charge in [0, 0.05) is 10.2 Å². The highest BCUT2D eigenvalue weighted by Crippen LogP contribution is 2.35. The Hall–Kier alpha value is -1.81. The molecule has 1 N–H and O–H groups in total. The zero-order chi connectivity index (χ0) is 19.5. The van der Waals surface area contributed by atoms with Gasteiger partial charge in [0.15, 0.2) is 6.61 Å². The molecule has 0 spiro atoms. The van der Waals surface area contributed by atoms with Crippen molar-refractivity contribution in [3.8, 4) is 5.75 Å². The van der Waals surface area contributed by atoms with Gasteiger partial charge in [-0.05, 0) is 46.2 Å². The van der Waals surface area contributed by atoms with E-state index in [1.807, 2.05) is 30.3 Å². The number of anilines is 1. The van der Waals surface area contributed by atoms with Gasteiger partial charge >= 0.3 is 0 Å². The van der Waals surface area contributed by atoms with Crippen LogP contribution >= 0.6 is 15.9 Å². The van der Waals surface area contributed by atoms with Gasteiger partial charge < -0.3 is 10.1 Å². The summed E-state index contributed by atoms with van der Waals surface area (Å²) in [4.78, 5) is 12.2. The van der Waals surface area contributed by atoms with Crippen molar-refractivity contribution in [3.63, 3.8) is 0 Å². The first-order valence-corrected chi connectivity index (χ1v) is 9.59. The van der Waals surface area contributed by atoms with E-state index in [9.17, 15) is 4.79 Å². The van der Waals surface area contributed by atoms with E-state index in [0.717, 1.165) is 21.5 Å². The van der Waals surface area contributed by atoms with Gasteiger partial charge in [0.2, 0.25) is 0 Å². The lowest BCUT2D eigenvalue weighted by atomic mass is 9.80. The molecule has 0 unspecified atom stereocenters. The summed E-state index contributed by atoms with van der Waals surface area (Å²) in [6.45, 7) is 13.0. The highest BCUT2D eigenvalue weighted by Gasteiger charge is 2.23. The lowest BCUT2D eigenvalue weighted by Gasteiger charge is -2.27. The summed E-state index contributed by atoms with van der Waals surface area (Å²) < 4.78 is 6.79. The van der Waals surface area contributed by atoms with Crippen molar-refractivity contribution in [2.45, 2.75) is 52.4 Å². The number of carbonyl (C=O) groups is 1. The molecule has 1 amide bonds. The zero-order valence-corrected chi connectivity index (χ0v) is 18.0. The van der Waals surface area contributed by atoms with Crippen LogP contribution in [-0.4, -0.2) is 12.5 Å². The Morgan fingerprint density at radius 2 is 1.69 bits per heavy atom. The van der Waals surface area contributed by atoms with Crippen molar-refractivity contribution < 1.29 is 9.53 Å². The Bertz CT molecular complexity index is 785. The summed E-state index contributed by atoms with van der Waals surface area (Å²) in [7, 11) is 0. The largest absolute Gasteiger partial charge is 0.483 e. The summed E-state index contributed by atoms with van der Waals surface area (Å²) in [5.74, 6) is 0.581. The number of amides is 1. The molecule has 0 aliphatic rings. The van der Waals surface area contributed by atoms with Crippen LogP contribution in [0.4, 0.5) is 5.69 Å². The molecule has 0 atom stereocenters. The van der Waals surface area contributed by atoms with Crippen molar-refractivity contribution >= 4 is 27.5 Å². The van der Waals surface area contributed by atoms with Crippen LogP contribution in [-0.2, 0) is 15.6 Å². The number of ether oxygens (including phenoxy) is 1. The normalized spacial score (nSPS) is 12.0. The second kappa shape index (κ2) is 7.83. The van der Waals surface area contributed by atoms with Crippen molar-refractivity contribution in [2.75, 3.05) is 11.9 Å². The minimum absolute atomic E-state index is 0.0234. The molecule has 0 saturated carbocycles. The monoisotopic (exact) mass is 417 g/mol. The molecule has 2 aromatic rings. The number of nitrogens with one attached hydrogen (secondary N) is 1. The Morgan fingerprint density at radius 1 is 1.00 bits per heavy atom. The van der Waals surface area contributed by atoms with Crippen molar-refractivity contribution in [3.05, 3.63) is 58.1 Å². The molecule has 2 aromatic carbocycles. The van der Waals surface area contributed by atoms with Crippen LogP contribution in [0.5, 0.6) is 5.75 Å². The van der Waals surface area contributed by atoms with Crippen LogP contribution in [0.3, 0.4) is 0 Å². The minimum atomic E-state index is -0.178. The van der Waals surface area contributed by atoms with E-state index in [-0.39, 0.29) is 23.3 Å². The third-order valence-corrected chi connectivity index (χ3v) is 4.61. The van der Waals surface area contributed by atoms with E-state index in [0.29, 0.717) is 0 Å². The molecule has 0 aliphatic carbocycles. The number of benzene rings is 2. The van der Waals surface area contributed by atoms with Gasteiger partial charge in [-0.3, -0.25) is 4.79 Å². The number of rotatable bonds is 4. The van der Waals surface area contributed by atoms with Crippen molar-refractivity contribution in [1.29, 1.82) is 0 Å². The fourth-order valence-electron chi connectivity index (χ4n) is 2.62. The second-order valence-electron chi connectivity index (χ2n) is 8.56. The summed E-state index contributed by atoms with van der Waals surface area (Å²) in [5, 5.41) is 2.85. The van der Waals surface area contributed by atoms with Crippen LogP contribution in [0, 0.1) is 0 Å². The molecule has 140 valence electrons. The van der Waals surface area contributed by atoms with E-state index in [2.05, 4.69) is 74.9 Å². The average molecular weight is 418 g/mol. The lowest BCUT2D eigenvalue weighted by molar-refractivity contribution is -0.118. The molecule has 0 radical (unpaired) electrons. The maximum absolute atomic E-state index is 12.2. The highest BCUT2D eigenvalue weighted by molar-refractivity contribution is 9.10.